The molecule has 0 spiro atoms. The van der Waals surface area contributed by atoms with Gasteiger partial charge in [0.25, 0.3) is 5.91 Å². The highest BCUT2D eigenvalue weighted by molar-refractivity contribution is 5.97. The summed E-state index contributed by atoms with van der Waals surface area (Å²) in [4.78, 5) is 22.5. The predicted molar refractivity (Wildman–Crippen MR) is 78.8 cm³/mol. The number of methoxy groups -OCH3 is 1. The molecule has 22 heavy (non-hydrogen) atoms. The van der Waals surface area contributed by atoms with E-state index in [2.05, 4.69) is 10.6 Å². The molecule has 0 radical (unpaired) electrons. The summed E-state index contributed by atoms with van der Waals surface area (Å²) < 4.78 is 5.03. The maximum atomic E-state index is 11.8. The zero-order chi connectivity index (χ0) is 16.5. The van der Waals surface area contributed by atoms with E-state index in [4.69, 9.17) is 15.1 Å². The molecule has 0 aromatic heterocycles. The second-order valence-electron chi connectivity index (χ2n) is 4.43. The Hall–Kier alpha value is -3.01. The smallest absolute Gasteiger partial charge is 0.325 e. The molecule has 0 aliphatic carbocycles. The summed E-state index contributed by atoms with van der Waals surface area (Å²) in [6, 6.07) is 7.94. The van der Waals surface area contributed by atoms with Crippen molar-refractivity contribution < 1.29 is 19.4 Å². The second kappa shape index (κ2) is 8.32. The van der Waals surface area contributed by atoms with Crippen LogP contribution in [0.5, 0.6) is 5.75 Å². The lowest BCUT2D eigenvalue weighted by Gasteiger charge is -2.08. The average Bonchev–Trinajstić information content (AvgIpc) is 2.53. The number of carboxylic acids is 1. The van der Waals surface area contributed by atoms with Crippen molar-refractivity contribution in [3.05, 3.63) is 41.6 Å². The highest BCUT2D eigenvalue weighted by Gasteiger charge is 2.12. The summed E-state index contributed by atoms with van der Waals surface area (Å²) >= 11 is 0. The Kier molecular flexibility index (Phi) is 6.44. The van der Waals surface area contributed by atoms with Crippen molar-refractivity contribution >= 4 is 11.9 Å². The summed E-state index contributed by atoms with van der Waals surface area (Å²) in [5, 5.41) is 22.7. The van der Waals surface area contributed by atoms with Crippen LogP contribution in [0.2, 0.25) is 0 Å². The molecule has 0 bridgehead atoms. The molecule has 1 rings (SSSR count). The number of hydrogen-bond acceptors (Lipinski definition) is 5. The van der Waals surface area contributed by atoms with Gasteiger partial charge in [-0.1, -0.05) is 12.1 Å². The molecule has 1 aromatic carbocycles. The zero-order valence-electron chi connectivity index (χ0n) is 12.3. The third kappa shape index (κ3) is 5.17. The van der Waals surface area contributed by atoms with Gasteiger partial charge in [0.15, 0.2) is 0 Å². The van der Waals surface area contributed by atoms with Crippen LogP contribution in [0.4, 0.5) is 0 Å². The number of aliphatic carboxylic acids is 1. The maximum Gasteiger partial charge on any atom is 0.325 e. The fraction of sp³-hybridized carbons (Fsp3) is 0.267. The van der Waals surface area contributed by atoms with E-state index in [1.165, 1.54) is 6.92 Å². The number of hydrogen-bond donors (Lipinski definition) is 3. The summed E-state index contributed by atoms with van der Waals surface area (Å²) in [5.41, 5.74) is 0.653. The highest BCUT2D eigenvalue weighted by atomic mass is 16.5. The predicted octanol–water partition coefficient (Wildman–Crippen LogP) is 0.782. The first kappa shape index (κ1) is 17.0. The summed E-state index contributed by atoms with van der Waals surface area (Å²) in [6.07, 6.45) is 1.10. The first-order valence-corrected chi connectivity index (χ1v) is 6.48. The maximum absolute atomic E-state index is 11.8. The zero-order valence-corrected chi connectivity index (χ0v) is 12.3. The number of amides is 1. The standard InChI is InChI=1S/C15H17N3O4/c1-10(15(20)21)17-9-12(7-16)14(19)18-8-11-3-5-13(22-2)6-4-11/h3-6,9-10,17H,8H2,1-2H3,(H,18,19)(H,20,21)/b12-9-. The van der Waals surface area contributed by atoms with Crippen molar-refractivity contribution in [2.45, 2.75) is 19.5 Å². The lowest BCUT2D eigenvalue weighted by atomic mass is 10.2. The molecule has 116 valence electrons. The van der Waals surface area contributed by atoms with Crippen LogP contribution in [-0.2, 0) is 16.1 Å². The fourth-order valence-corrected chi connectivity index (χ4v) is 1.45. The molecule has 0 saturated heterocycles. The third-order valence-electron chi connectivity index (χ3n) is 2.83. The normalized spacial score (nSPS) is 12.0. The van der Waals surface area contributed by atoms with Gasteiger partial charge in [-0.3, -0.25) is 9.59 Å². The monoisotopic (exact) mass is 303 g/mol. The van der Waals surface area contributed by atoms with Crippen LogP contribution >= 0.6 is 0 Å². The lowest BCUT2D eigenvalue weighted by Crippen LogP contribution is -2.31. The molecule has 0 fully saturated rings. The van der Waals surface area contributed by atoms with Crippen LogP contribution in [0.25, 0.3) is 0 Å². The Morgan fingerprint density at radius 2 is 2.05 bits per heavy atom. The summed E-state index contributed by atoms with van der Waals surface area (Å²) in [5.74, 6) is -0.949. The number of carbonyl (C=O) groups is 2. The Balaban J connectivity index is 2.59. The number of carbonyl (C=O) groups excluding carboxylic acids is 1. The Bertz CT molecular complexity index is 602. The minimum absolute atomic E-state index is 0.193. The molecule has 1 atom stereocenters. The van der Waals surface area contributed by atoms with Gasteiger partial charge in [0, 0.05) is 12.7 Å². The largest absolute Gasteiger partial charge is 0.497 e. The number of nitrogens with one attached hydrogen (secondary N) is 2. The summed E-state index contributed by atoms with van der Waals surface area (Å²) in [7, 11) is 1.56. The van der Waals surface area contributed by atoms with E-state index in [1.54, 1.807) is 37.4 Å². The minimum Gasteiger partial charge on any atom is -0.497 e. The van der Waals surface area contributed by atoms with Gasteiger partial charge in [-0.25, -0.2) is 0 Å². The van der Waals surface area contributed by atoms with Gasteiger partial charge in [0.05, 0.1) is 7.11 Å². The van der Waals surface area contributed by atoms with Gasteiger partial charge in [-0.15, -0.1) is 0 Å². The van der Waals surface area contributed by atoms with Crippen molar-refractivity contribution in [2.75, 3.05) is 7.11 Å². The Labute approximate surface area is 128 Å². The number of ether oxygens (including phenoxy) is 1. The van der Waals surface area contributed by atoms with Crippen LogP contribution in [0.15, 0.2) is 36.0 Å². The van der Waals surface area contributed by atoms with Crippen molar-refractivity contribution in [3.8, 4) is 11.8 Å². The number of benzene rings is 1. The molecule has 0 aliphatic rings. The van der Waals surface area contributed by atoms with Crippen molar-refractivity contribution in [1.82, 2.24) is 10.6 Å². The first-order chi connectivity index (χ1) is 10.5. The molecule has 7 heteroatoms. The van der Waals surface area contributed by atoms with Gasteiger partial charge >= 0.3 is 5.97 Å². The van der Waals surface area contributed by atoms with E-state index >= 15 is 0 Å². The SMILES string of the molecule is COc1ccc(CNC(=O)/C(C#N)=C\NC(C)C(=O)O)cc1. The van der Waals surface area contributed by atoms with Crippen LogP contribution < -0.4 is 15.4 Å². The van der Waals surface area contributed by atoms with Crippen molar-refractivity contribution in [3.63, 3.8) is 0 Å². The topological polar surface area (TPSA) is 111 Å². The van der Waals surface area contributed by atoms with Crippen molar-refractivity contribution in [1.29, 1.82) is 5.26 Å². The molecule has 1 unspecified atom stereocenters. The number of rotatable bonds is 7. The van der Waals surface area contributed by atoms with E-state index in [0.29, 0.717) is 5.75 Å². The molecule has 0 saturated carbocycles. The van der Waals surface area contributed by atoms with E-state index in [9.17, 15) is 9.59 Å². The van der Waals surface area contributed by atoms with Gasteiger partial charge in [-0.05, 0) is 24.6 Å². The molecule has 1 aromatic rings. The Morgan fingerprint density at radius 1 is 1.41 bits per heavy atom. The highest BCUT2D eigenvalue weighted by Crippen LogP contribution is 2.11. The minimum atomic E-state index is -1.08. The molecular formula is C15H17N3O4. The van der Waals surface area contributed by atoms with E-state index in [0.717, 1.165) is 11.8 Å². The molecule has 1 amide bonds. The molecule has 3 N–H and O–H groups in total. The van der Waals surface area contributed by atoms with Crippen LogP contribution in [-0.4, -0.2) is 30.1 Å². The lowest BCUT2D eigenvalue weighted by molar-refractivity contribution is -0.138. The van der Waals surface area contributed by atoms with E-state index < -0.39 is 17.9 Å². The van der Waals surface area contributed by atoms with Gasteiger partial charge in [-0.2, -0.15) is 5.26 Å². The van der Waals surface area contributed by atoms with Crippen molar-refractivity contribution in [2.24, 2.45) is 0 Å². The molecular weight excluding hydrogens is 286 g/mol. The molecule has 7 nitrogen and oxygen atoms in total. The second-order valence-corrected chi connectivity index (χ2v) is 4.43. The number of carboxylic acid groups (broad SMARTS) is 1. The number of nitrogens with zero attached hydrogens (tertiary/aromatic N) is 1. The van der Waals surface area contributed by atoms with Crippen LogP contribution in [0, 0.1) is 11.3 Å². The third-order valence-corrected chi connectivity index (χ3v) is 2.83. The van der Waals surface area contributed by atoms with Gasteiger partial charge in [0.2, 0.25) is 0 Å². The average molecular weight is 303 g/mol. The summed E-state index contributed by atoms with van der Waals surface area (Å²) in [6.45, 7) is 1.65. The first-order valence-electron chi connectivity index (χ1n) is 6.48. The van der Waals surface area contributed by atoms with Crippen LogP contribution in [0.1, 0.15) is 12.5 Å². The van der Waals surface area contributed by atoms with E-state index in [1.807, 2.05) is 0 Å². The Morgan fingerprint density at radius 3 is 2.55 bits per heavy atom. The number of nitriles is 1. The quantitative estimate of drug-likeness (QED) is 0.507. The fourth-order valence-electron chi connectivity index (χ4n) is 1.45. The van der Waals surface area contributed by atoms with Crippen LogP contribution in [0.3, 0.4) is 0 Å². The van der Waals surface area contributed by atoms with E-state index in [-0.39, 0.29) is 12.1 Å². The van der Waals surface area contributed by atoms with Gasteiger partial charge in [0.1, 0.15) is 23.4 Å². The molecule has 0 heterocycles. The van der Waals surface area contributed by atoms with Gasteiger partial charge < -0.3 is 20.5 Å². The molecule has 0 aliphatic heterocycles.